The van der Waals surface area contributed by atoms with Crippen molar-refractivity contribution in [2.45, 2.75) is 19.5 Å². The van der Waals surface area contributed by atoms with Crippen LogP contribution in [0.4, 0.5) is 13.2 Å². The summed E-state index contributed by atoms with van der Waals surface area (Å²) in [6, 6.07) is 8.18. The van der Waals surface area contributed by atoms with Crippen LogP contribution in [0.2, 0.25) is 0 Å². The first-order chi connectivity index (χ1) is 7.98. The zero-order valence-electron chi connectivity index (χ0n) is 9.17. The van der Waals surface area contributed by atoms with Crippen LogP contribution in [0.15, 0.2) is 30.3 Å². The van der Waals surface area contributed by atoms with Crippen molar-refractivity contribution in [2.24, 2.45) is 0 Å². The van der Waals surface area contributed by atoms with Gasteiger partial charge in [0.1, 0.15) is 0 Å². The fourth-order valence-corrected chi connectivity index (χ4v) is 2.49. The fraction of sp³-hybridized carbons (Fsp3) is 0.231. The van der Waals surface area contributed by atoms with E-state index >= 15 is 0 Å². The lowest BCUT2D eigenvalue weighted by atomic mass is 10.0. The summed E-state index contributed by atoms with van der Waals surface area (Å²) in [6.45, 7) is 1.90. The van der Waals surface area contributed by atoms with E-state index < -0.39 is 11.7 Å². The SMILES string of the molecule is Cc1ccc2n1-c1cccc(C(F)(F)F)c1C2. The molecule has 2 heterocycles. The molecule has 0 N–H and O–H groups in total. The second-order valence-electron chi connectivity index (χ2n) is 4.28. The highest BCUT2D eigenvalue weighted by Gasteiger charge is 2.36. The van der Waals surface area contributed by atoms with Crippen molar-refractivity contribution in [1.82, 2.24) is 4.57 Å². The Balaban J connectivity index is 2.26. The van der Waals surface area contributed by atoms with E-state index in [9.17, 15) is 13.2 Å². The minimum absolute atomic E-state index is 0.360. The van der Waals surface area contributed by atoms with E-state index in [0.29, 0.717) is 17.7 Å². The van der Waals surface area contributed by atoms with Crippen molar-refractivity contribution in [3.8, 4) is 5.69 Å². The molecule has 0 bridgehead atoms. The van der Waals surface area contributed by atoms with Crippen LogP contribution in [-0.4, -0.2) is 4.57 Å². The number of aromatic nitrogens is 1. The highest BCUT2D eigenvalue weighted by Crippen LogP contribution is 2.39. The molecule has 0 radical (unpaired) electrons. The molecule has 0 unspecified atom stereocenters. The van der Waals surface area contributed by atoms with Crippen LogP contribution in [-0.2, 0) is 12.6 Å². The van der Waals surface area contributed by atoms with E-state index in [-0.39, 0.29) is 0 Å². The lowest BCUT2D eigenvalue weighted by molar-refractivity contribution is -0.138. The first-order valence-electron chi connectivity index (χ1n) is 5.35. The van der Waals surface area contributed by atoms with Gasteiger partial charge in [0.05, 0.1) is 5.56 Å². The van der Waals surface area contributed by atoms with E-state index in [4.69, 9.17) is 0 Å². The maximum Gasteiger partial charge on any atom is 0.416 e. The lowest BCUT2D eigenvalue weighted by Gasteiger charge is -2.12. The summed E-state index contributed by atoms with van der Waals surface area (Å²) >= 11 is 0. The number of rotatable bonds is 0. The highest BCUT2D eigenvalue weighted by molar-refractivity contribution is 5.56. The summed E-state index contributed by atoms with van der Waals surface area (Å²) in [5.41, 5.74) is 2.43. The smallest absolute Gasteiger partial charge is 0.318 e. The predicted molar refractivity (Wildman–Crippen MR) is 58.3 cm³/mol. The van der Waals surface area contributed by atoms with Gasteiger partial charge in [-0.3, -0.25) is 0 Å². The van der Waals surface area contributed by atoms with Crippen molar-refractivity contribution in [1.29, 1.82) is 0 Å². The van der Waals surface area contributed by atoms with Crippen LogP contribution < -0.4 is 0 Å². The Morgan fingerprint density at radius 2 is 1.88 bits per heavy atom. The fourth-order valence-electron chi connectivity index (χ4n) is 2.49. The molecule has 1 aromatic carbocycles. The first-order valence-corrected chi connectivity index (χ1v) is 5.35. The molecule has 1 aliphatic rings. The number of alkyl halides is 3. The van der Waals surface area contributed by atoms with Gasteiger partial charge in [0, 0.05) is 23.5 Å². The number of hydrogen-bond donors (Lipinski definition) is 0. The van der Waals surface area contributed by atoms with Gasteiger partial charge in [0.15, 0.2) is 0 Å². The normalized spacial score (nSPS) is 13.6. The molecular weight excluding hydrogens is 227 g/mol. The summed E-state index contributed by atoms with van der Waals surface area (Å²) in [5.74, 6) is 0. The molecule has 3 rings (SSSR count). The number of hydrogen-bond acceptors (Lipinski definition) is 0. The third-order valence-corrected chi connectivity index (χ3v) is 3.21. The Hall–Kier alpha value is -1.71. The van der Waals surface area contributed by atoms with Crippen LogP contribution in [0, 0.1) is 6.92 Å². The van der Waals surface area contributed by atoms with Crippen molar-refractivity contribution in [3.05, 3.63) is 52.8 Å². The monoisotopic (exact) mass is 237 g/mol. The van der Waals surface area contributed by atoms with E-state index in [2.05, 4.69) is 0 Å². The number of aryl methyl sites for hydroxylation is 1. The Labute approximate surface area is 96.5 Å². The molecule has 17 heavy (non-hydrogen) atoms. The van der Waals surface area contributed by atoms with E-state index in [1.54, 1.807) is 6.07 Å². The molecule has 1 nitrogen and oxygen atoms in total. The molecule has 88 valence electrons. The summed E-state index contributed by atoms with van der Waals surface area (Å²) in [5, 5.41) is 0. The maximum absolute atomic E-state index is 12.9. The van der Waals surface area contributed by atoms with Gasteiger partial charge < -0.3 is 4.57 Å². The maximum atomic E-state index is 12.9. The molecule has 1 aliphatic heterocycles. The topological polar surface area (TPSA) is 4.93 Å². The Bertz CT molecular complexity index is 593. The molecule has 0 fully saturated rings. The van der Waals surface area contributed by atoms with Crippen LogP contribution >= 0.6 is 0 Å². The minimum atomic E-state index is -4.27. The van der Waals surface area contributed by atoms with Gasteiger partial charge in [-0.2, -0.15) is 13.2 Å². The van der Waals surface area contributed by atoms with Crippen LogP contribution in [0.3, 0.4) is 0 Å². The number of halogens is 3. The quantitative estimate of drug-likeness (QED) is 0.561. The van der Waals surface area contributed by atoms with Gasteiger partial charge >= 0.3 is 6.18 Å². The summed E-state index contributed by atoms with van der Waals surface area (Å²) in [4.78, 5) is 0. The largest absolute Gasteiger partial charge is 0.416 e. The molecule has 0 atom stereocenters. The van der Waals surface area contributed by atoms with Crippen molar-refractivity contribution >= 4 is 0 Å². The van der Waals surface area contributed by atoms with Gasteiger partial charge in [-0.15, -0.1) is 0 Å². The van der Waals surface area contributed by atoms with Crippen molar-refractivity contribution in [2.75, 3.05) is 0 Å². The summed E-state index contributed by atoms with van der Waals surface area (Å²) < 4.78 is 40.5. The molecule has 0 spiro atoms. The second kappa shape index (κ2) is 3.15. The average Bonchev–Trinajstić information content (AvgIpc) is 2.76. The number of benzene rings is 1. The van der Waals surface area contributed by atoms with E-state index in [1.807, 2.05) is 23.6 Å². The predicted octanol–water partition coefficient (Wildman–Crippen LogP) is 3.71. The van der Waals surface area contributed by atoms with Gasteiger partial charge in [0.25, 0.3) is 0 Å². The zero-order valence-corrected chi connectivity index (χ0v) is 9.17. The molecule has 0 saturated heterocycles. The summed E-state index contributed by atoms with van der Waals surface area (Å²) in [7, 11) is 0. The molecule has 0 amide bonds. The zero-order chi connectivity index (χ0) is 12.2. The van der Waals surface area contributed by atoms with Gasteiger partial charge in [0.2, 0.25) is 0 Å². The molecule has 4 heteroatoms. The Morgan fingerprint density at radius 3 is 2.59 bits per heavy atom. The first kappa shape index (κ1) is 10.4. The van der Waals surface area contributed by atoms with Gasteiger partial charge in [-0.25, -0.2) is 0 Å². The Kier molecular flexibility index (Phi) is 1.94. The van der Waals surface area contributed by atoms with Crippen molar-refractivity contribution in [3.63, 3.8) is 0 Å². The van der Waals surface area contributed by atoms with Crippen LogP contribution in [0.25, 0.3) is 5.69 Å². The second-order valence-corrected chi connectivity index (χ2v) is 4.28. The third kappa shape index (κ3) is 1.40. The third-order valence-electron chi connectivity index (χ3n) is 3.21. The standard InChI is InChI=1S/C13H10F3N/c1-8-5-6-9-7-10-11(13(14,15)16)3-2-4-12(10)17(8)9/h2-6H,7H2,1H3. The van der Waals surface area contributed by atoms with E-state index in [0.717, 1.165) is 17.5 Å². The molecule has 0 aliphatic carbocycles. The molecular formula is C13H10F3N. The van der Waals surface area contributed by atoms with Crippen LogP contribution in [0.1, 0.15) is 22.5 Å². The minimum Gasteiger partial charge on any atom is -0.318 e. The van der Waals surface area contributed by atoms with E-state index in [1.165, 1.54) is 6.07 Å². The van der Waals surface area contributed by atoms with Crippen molar-refractivity contribution < 1.29 is 13.2 Å². The highest BCUT2D eigenvalue weighted by atomic mass is 19.4. The Morgan fingerprint density at radius 1 is 1.12 bits per heavy atom. The molecule has 2 aromatic rings. The number of fused-ring (bicyclic) bond motifs is 3. The summed E-state index contributed by atoms with van der Waals surface area (Å²) in [6.07, 6.45) is -3.91. The molecule has 0 saturated carbocycles. The van der Waals surface area contributed by atoms with Crippen LogP contribution in [0.5, 0.6) is 0 Å². The lowest BCUT2D eigenvalue weighted by Crippen LogP contribution is -2.09. The van der Waals surface area contributed by atoms with Gasteiger partial charge in [-0.05, 0) is 36.8 Å². The molecule has 1 aromatic heterocycles. The number of nitrogens with zero attached hydrogens (tertiary/aromatic N) is 1. The average molecular weight is 237 g/mol. The van der Waals surface area contributed by atoms with Gasteiger partial charge in [-0.1, -0.05) is 6.07 Å².